The molecule has 0 fully saturated rings. The van der Waals surface area contributed by atoms with Crippen LogP contribution in [-0.4, -0.2) is 23.6 Å². The second-order valence-corrected chi connectivity index (χ2v) is 4.70. The number of halogens is 3. The number of nitrogens with zero attached hydrogens (tertiary/aromatic N) is 1. The van der Waals surface area contributed by atoms with Gasteiger partial charge in [-0.05, 0) is 25.0 Å². The predicted molar refractivity (Wildman–Crippen MR) is 71.1 cm³/mol. The summed E-state index contributed by atoms with van der Waals surface area (Å²) >= 11 is 0. The molecule has 0 spiro atoms. The number of aliphatic imine (C=N–C) groups is 1. The first-order valence-corrected chi connectivity index (χ1v) is 6.58. The highest BCUT2D eigenvalue weighted by Gasteiger charge is 2.41. The minimum Gasteiger partial charge on any atom is -0.405 e. The third-order valence-electron chi connectivity index (χ3n) is 3.52. The summed E-state index contributed by atoms with van der Waals surface area (Å²) in [5, 5.41) is 2.55. The van der Waals surface area contributed by atoms with E-state index in [2.05, 4.69) is 15.0 Å². The zero-order valence-corrected chi connectivity index (χ0v) is 11.6. The number of hydrogen-bond donors (Lipinski definition) is 1. The van der Waals surface area contributed by atoms with Crippen LogP contribution in [0.1, 0.15) is 32.3 Å². The SMILES string of the molecule is CCC1(CC)N=C(c2ccccc2OC(F)(F)F)NC1=O. The van der Waals surface area contributed by atoms with Crippen molar-refractivity contribution in [2.75, 3.05) is 0 Å². The third-order valence-corrected chi connectivity index (χ3v) is 3.52. The van der Waals surface area contributed by atoms with Crippen LogP contribution in [0.5, 0.6) is 5.75 Å². The summed E-state index contributed by atoms with van der Waals surface area (Å²) in [6.45, 7) is 3.63. The highest BCUT2D eigenvalue weighted by molar-refractivity contribution is 6.16. The predicted octanol–water partition coefficient (Wildman–Crippen LogP) is 3.02. The van der Waals surface area contributed by atoms with Gasteiger partial charge in [0.25, 0.3) is 5.91 Å². The average molecular weight is 300 g/mol. The third kappa shape index (κ3) is 3.01. The van der Waals surface area contributed by atoms with E-state index in [0.29, 0.717) is 12.8 Å². The van der Waals surface area contributed by atoms with Crippen molar-refractivity contribution in [3.05, 3.63) is 29.8 Å². The zero-order chi connectivity index (χ0) is 15.7. The van der Waals surface area contributed by atoms with E-state index in [1.54, 1.807) is 6.07 Å². The number of alkyl halides is 3. The number of amides is 1. The lowest BCUT2D eigenvalue weighted by atomic mass is 9.94. The molecule has 0 bridgehead atoms. The van der Waals surface area contributed by atoms with Crippen molar-refractivity contribution in [2.45, 2.75) is 38.6 Å². The van der Waals surface area contributed by atoms with Crippen molar-refractivity contribution in [3.8, 4) is 5.75 Å². The summed E-state index contributed by atoms with van der Waals surface area (Å²) < 4.78 is 41.2. The van der Waals surface area contributed by atoms with Gasteiger partial charge in [0.05, 0.1) is 5.56 Å². The fraction of sp³-hybridized carbons (Fsp3) is 0.429. The van der Waals surface area contributed by atoms with Crippen molar-refractivity contribution < 1.29 is 22.7 Å². The topological polar surface area (TPSA) is 50.7 Å². The van der Waals surface area contributed by atoms with Gasteiger partial charge in [-0.3, -0.25) is 9.79 Å². The minimum absolute atomic E-state index is 0.114. The Kier molecular flexibility index (Phi) is 3.93. The number of para-hydroxylation sites is 1. The summed E-state index contributed by atoms with van der Waals surface area (Å²) in [5.74, 6) is -0.570. The van der Waals surface area contributed by atoms with Gasteiger partial charge in [-0.25, -0.2) is 0 Å². The van der Waals surface area contributed by atoms with E-state index in [4.69, 9.17) is 0 Å². The van der Waals surface area contributed by atoms with E-state index >= 15 is 0 Å². The molecule has 0 unspecified atom stereocenters. The maximum atomic E-state index is 12.4. The molecule has 1 heterocycles. The number of nitrogens with one attached hydrogen (secondary N) is 1. The van der Waals surface area contributed by atoms with Gasteiger partial charge >= 0.3 is 6.36 Å². The molecule has 0 saturated heterocycles. The van der Waals surface area contributed by atoms with Gasteiger partial charge in [0.1, 0.15) is 17.1 Å². The summed E-state index contributed by atoms with van der Waals surface area (Å²) in [4.78, 5) is 16.4. The second kappa shape index (κ2) is 5.38. The summed E-state index contributed by atoms with van der Waals surface area (Å²) in [6.07, 6.45) is -3.85. The standard InChI is InChI=1S/C14H15F3N2O2/c1-3-13(4-2)12(20)18-11(19-13)9-7-5-6-8-10(9)21-14(15,16)17/h5-8H,3-4H2,1-2H3,(H,18,19,20). The Morgan fingerprint density at radius 1 is 1.24 bits per heavy atom. The molecule has 1 aliphatic heterocycles. The Morgan fingerprint density at radius 3 is 2.38 bits per heavy atom. The van der Waals surface area contributed by atoms with Gasteiger partial charge in [0, 0.05) is 0 Å². The molecule has 7 heteroatoms. The molecule has 114 valence electrons. The maximum absolute atomic E-state index is 12.4. The van der Waals surface area contributed by atoms with Gasteiger partial charge in [-0.15, -0.1) is 13.2 Å². The first kappa shape index (κ1) is 15.3. The van der Waals surface area contributed by atoms with Crippen molar-refractivity contribution >= 4 is 11.7 Å². The first-order chi connectivity index (χ1) is 9.81. The fourth-order valence-electron chi connectivity index (χ4n) is 2.25. The van der Waals surface area contributed by atoms with Crippen LogP contribution in [-0.2, 0) is 4.79 Å². The molecule has 0 saturated carbocycles. The molecule has 0 atom stereocenters. The van der Waals surface area contributed by atoms with E-state index < -0.39 is 11.9 Å². The van der Waals surface area contributed by atoms with Crippen molar-refractivity contribution in [1.82, 2.24) is 5.32 Å². The number of rotatable bonds is 4. The van der Waals surface area contributed by atoms with Crippen LogP contribution < -0.4 is 10.1 Å². The highest BCUT2D eigenvalue weighted by atomic mass is 19.4. The lowest BCUT2D eigenvalue weighted by molar-refractivity contribution is -0.274. The normalized spacial score (nSPS) is 17.4. The van der Waals surface area contributed by atoms with Crippen LogP contribution in [0, 0.1) is 0 Å². The van der Waals surface area contributed by atoms with Crippen LogP contribution in [0.15, 0.2) is 29.3 Å². The lowest BCUT2D eigenvalue weighted by Crippen LogP contribution is -2.38. The number of ether oxygens (including phenoxy) is 1. The minimum atomic E-state index is -4.80. The smallest absolute Gasteiger partial charge is 0.405 e. The Hall–Kier alpha value is -2.05. The first-order valence-electron chi connectivity index (χ1n) is 6.58. The van der Waals surface area contributed by atoms with Crippen LogP contribution >= 0.6 is 0 Å². The van der Waals surface area contributed by atoms with Gasteiger partial charge in [0.15, 0.2) is 0 Å². The Labute approximate surface area is 120 Å². The van der Waals surface area contributed by atoms with E-state index in [9.17, 15) is 18.0 Å². The van der Waals surface area contributed by atoms with Crippen LogP contribution in [0.2, 0.25) is 0 Å². The van der Waals surface area contributed by atoms with Gasteiger partial charge in [-0.2, -0.15) is 0 Å². The second-order valence-electron chi connectivity index (χ2n) is 4.70. The number of carbonyl (C=O) groups excluding carboxylic acids is 1. The van der Waals surface area contributed by atoms with Gasteiger partial charge in [0.2, 0.25) is 0 Å². The molecule has 0 radical (unpaired) electrons. The highest BCUT2D eigenvalue weighted by Crippen LogP contribution is 2.31. The van der Waals surface area contributed by atoms with E-state index in [0.717, 1.165) is 0 Å². The van der Waals surface area contributed by atoms with Crippen LogP contribution in [0.25, 0.3) is 0 Å². The number of carbonyl (C=O) groups is 1. The average Bonchev–Trinajstić information content (AvgIpc) is 2.75. The lowest BCUT2D eigenvalue weighted by Gasteiger charge is -2.18. The number of amidine groups is 1. The summed E-state index contributed by atoms with van der Waals surface area (Å²) in [6, 6.07) is 5.61. The Morgan fingerprint density at radius 2 is 1.86 bits per heavy atom. The molecule has 1 aromatic carbocycles. The van der Waals surface area contributed by atoms with Crippen molar-refractivity contribution in [2.24, 2.45) is 4.99 Å². The molecule has 1 amide bonds. The van der Waals surface area contributed by atoms with Gasteiger partial charge in [-0.1, -0.05) is 26.0 Å². The van der Waals surface area contributed by atoms with E-state index in [-0.39, 0.29) is 23.1 Å². The molecule has 1 N–H and O–H groups in total. The molecule has 0 aromatic heterocycles. The molecule has 0 aliphatic carbocycles. The van der Waals surface area contributed by atoms with Crippen molar-refractivity contribution in [1.29, 1.82) is 0 Å². The zero-order valence-electron chi connectivity index (χ0n) is 11.6. The van der Waals surface area contributed by atoms with Crippen LogP contribution in [0.4, 0.5) is 13.2 Å². The molecular formula is C14H15F3N2O2. The summed E-state index contributed by atoms with van der Waals surface area (Å²) in [5.41, 5.74) is -0.798. The van der Waals surface area contributed by atoms with Crippen molar-refractivity contribution in [3.63, 3.8) is 0 Å². The largest absolute Gasteiger partial charge is 0.573 e. The Bertz CT molecular complexity index is 578. The number of benzene rings is 1. The summed E-state index contributed by atoms with van der Waals surface area (Å²) in [7, 11) is 0. The number of hydrogen-bond acceptors (Lipinski definition) is 3. The quantitative estimate of drug-likeness (QED) is 0.929. The van der Waals surface area contributed by atoms with Crippen LogP contribution in [0.3, 0.4) is 0 Å². The maximum Gasteiger partial charge on any atom is 0.573 e. The molecule has 4 nitrogen and oxygen atoms in total. The van der Waals surface area contributed by atoms with Gasteiger partial charge < -0.3 is 10.1 Å². The van der Waals surface area contributed by atoms with E-state index in [1.807, 2.05) is 13.8 Å². The van der Waals surface area contributed by atoms with E-state index in [1.165, 1.54) is 18.2 Å². The molecule has 1 aliphatic rings. The monoisotopic (exact) mass is 300 g/mol. The molecular weight excluding hydrogens is 285 g/mol. The Balaban J connectivity index is 2.42. The molecule has 1 aromatic rings. The molecule has 2 rings (SSSR count). The molecule has 21 heavy (non-hydrogen) atoms. The fourth-order valence-corrected chi connectivity index (χ4v) is 2.25.